The van der Waals surface area contributed by atoms with Gasteiger partial charge in [0.25, 0.3) is 0 Å². The molecule has 0 bridgehead atoms. The van der Waals surface area contributed by atoms with Crippen LogP contribution in [0.1, 0.15) is 25.3 Å². The third kappa shape index (κ3) is 5.20. The lowest BCUT2D eigenvalue weighted by atomic mass is 10.1. The lowest BCUT2D eigenvalue weighted by Crippen LogP contribution is -2.37. The molecule has 0 aliphatic rings. The quantitative estimate of drug-likeness (QED) is 0.721. The molecule has 0 aromatic heterocycles. The Morgan fingerprint density at radius 2 is 1.95 bits per heavy atom. The van der Waals surface area contributed by atoms with E-state index in [-0.39, 0.29) is 17.5 Å². The Balaban J connectivity index is 2.76. The van der Waals surface area contributed by atoms with Gasteiger partial charge in [0.05, 0.1) is 11.5 Å². The highest BCUT2D eigenvalue weighted by Crippen LogP contribution is 2.13. The minimum absolute atomic E-state index is 0.136. The van der Waals surface area contributed by atoms with Crippen molar-refractivity contribution in [2.75, 3.05) is 20.3 Å². The molecule has 1 aromatic carbocycles. The third-order valence-corrected chi connectivity index (χ3v) is 4.58. The Kier molecular flexibility index (Phi) is 7.15. The summed E-state index contributed by atoms with van der Waals surface area (Å²) >= 11 is 0. The second-order valence-corrected chi connectivity index (χ2v) is 6.37. The van der Waals surface area contributed by atoms with E-state index in [0.717, 1.165) is 12.0 Å². The third-order valence-electron chi connectivity index (χ3n) is 3.04. The predicted octanol–water partition coefficient (Wildman–Crippen LogP) is 1.31. The summed E-state index contributed by atoms with van der Waals surface area (Å²) in [5.74, 6) is 0. The molecular weight excluding hydrogens is 278 g/mol. The molecule has 1 aromatic rings. The van der Waals surface area contributed by atoms with Gasteiger partial charge < -0.3 is 9.84 Å². The first-order chi connectivity index (χ1) is 9.53. The first-order valence-electron chi connectivity index (χ1n) is 6.74. The average Bonchev–Trinajstić information content (AvgIpc) is 2.45. The number of aryl methyl sites for hydroxylation is 1. The first kappa shape index (κ1) is 17.1. The SMILES string of the molecule is CCC(COC)NS(=O)(=O)c1ccc(CCCO)cc1. The number of sulfonamides is 1. The molecule has 0 saturated heterocycles. The average molecular weight is 301 g/mol. The van der Waals surface area contributed by atoms with Crippen molar-refractivity contribution >= 4 is 10.0 Å². The van der Waals surface area contributed by atoms with Crippen molar-refractivity contribution in [3.63, 3.8) is 0 Å². The van der Waals surface area contributed by atoms with E-state index in [1.807, 2.05) is 6.92 Å². The van der Waals surface area contributed by atoms with Crippen LogP contribution in [0.5, 0.6) is 0 Å². The van der Waals surface area contributed by atoms with E-state index in [9.17, 15) is 8.42 Å². The number of aliphatic hydroxyl groups is 1. The van der Waals surface area contributed by atoms with E-state index >= 15 is 0 Å². The van der Waals surface area contributed by atoms with E-state index in [4.69, 9.17) is 9.84 Å². The molecule has 1 rings (SSSR count). The Bertz CT molecular complexity index is 484. The van der Waals surface area contributed by atoms with E-state index in [0.29, 0.717) is 19.4 Å². The number of rotatable bonds is 9. The number of hydrogen-bond donors (Lipinski definition) is 2. The molecule has 5 nitrogen and oxygen atoms in total. The molecule has 0 amide bonds. The standard InChI is InChI=1S/C14H23NO4S/c1-3-13(11-19-2)15-20(17,18)14-8-6-12(7-9-14)5-4-10-16/h6-9,13,15-16H,3-5,10-11H2,1-2H3. The van der Waals surface area contributed by atoms with Crippen molar-refractivity contribution in [3.8, 4) is 0 Å². The van der Waals surface area contributed by atoms with E-state index < -0.39 is 10.0 Å². The molecule has 0 fully saturated rings. The summed E-state index contributed by atoms with van der Waals surface area (Å²) in [7, 11) is -1.96. The number of benzene rings is 1. The minimum Gasteiger partial charge on any atom is -0.396 e. The Morgan fingerprint density at radius 1 is 1.30 bits per heavy atom. The van der Waals surface area contributed by atoms with Crippen molar-refractivity contribution in [1.29, 1.82) is 0 Å². The van der Waals surface area contributed by atoms with Gasteiger partial charge in [-0.1, -0.05) is 19.1 Å². The van der Waals surface area contributed by atoms with Crippen LogP contribution in [0.3, 0.4) is 0 Å². The van der Waals surface area contributed by atoms with Gasteiger partial charge >= 0.3 is 0 Å². The van der Waals surface area contributed by atoms with Crippen LogP contribution in [0.4, 0.5) is 0 Å². The maximum absolute atomic E-state index is 12.2. The molecule has 1 atom stereocenters. The highest BCUT2D eigenvalue weighted by molar-refractivity contribution is 7.89. The number of hydrogen-bond acceptors (Lipinski definition) is 4. The molecule has 20 heavy (non-hydrogen) atoms. The highest BCUT2D eigenvalue weighted by Gasteiger charge is 2.18. The van der Waals surface area contributed by atoms with Crippen LogP contribution in [0.2, 0.25) is 0 Å². The molecular formula is C14H23NO4S. The fourth-order valence-electron chi connectivity index (χ4n) is 1.84. The van der Waals surface area contributed by atoms with Gasteiger partial charge in [-0.05, 0) is 37.0 Å². The van der Waals surface area contributed by atoms with E-state index in [2.05, 4.69) is 4.72 Å². The Labute approximate surface area is 121 Å². The summed E-state index contributed by atoms with van der Waals surface area (Å²) in [6.45, 7) is 2.39. The summed E-state index contributed by atoms with van der Waals surface area (Å²) in [5, 5.41) is 8.77. The molecule has 0 aliphatic heterocycles. The van der Waals surface area contributed by atoms with Gasteiger partial charge in [0.2, 0.25) is 10.0 Å². The van der Waals surface area contributed by atoms with Gasteiger partial charge in [-0.25, -0.2) is 13.1 Å². The minimum atomic E-state index is -3.51. The lowest BCUT2D eigenvalue weighted by molar-refractivity contribution is 0.173. The molecule has 0 heterocycles. The maximum atomic E-state index is 12.2. The van der Waals surface area contributed by atoms with Crippen LogP contribution in [-0.2, 0) is 21.2 Å². The number of methoxy groups -OCH3 is 1. The molecule has 1 unspecified atom stereocenters. The van der Waals surface area contributed by atoms with Crippen LogP contribution >= 0.6 is 0 Å². The molecule has 0 aliphatic carbocycles. The lowest BCUT2D eigenvalue weighted by Gasteiger charge is -2.16. The van der Waals surface area contributed by atoms with E-state index in [1.54, 1.807) is 31.4 Å². The van der Waals surface area contributed by atoms with Crippen molar-refractivity contribution < 1.29 is 18.3 Å². The number of ether oxygens (including phenoxy) is 1. The van der Waals surface area contributed by atoms with Crippen molar-refractivity contribution in [1.82, 2.24) is 4.72 Å². The molecule has 6 heteroatoms. The molecule has 0 spiro atoms. The summed E-state index contributed by atoms with van der Waals surface area (Å²) in [4.78, 5) is 0.250. The summed E-state index contributed by atoms with van der Waals surface area (Å²) < 4.78 is 32.0. The fraction of sp³-hybridized carbons (Fsp3) is 0.571. The van der Waals surface area contributed by atoms with Crippen molar-refractivity contribution in [3.05, 3.63) is 29.8 Å². The normalized spacial score (nSPS) is 13.3. The van der Waals surface area contributed by atoms with Gasteiger partial charge in [-0.3, -0.25) is 0 Å². The Hall–Kier alpha value is -0.950. The van der Waals surface area contributed by atoms with Crippen molar-refractivity contribution in [2.45, 2.75) is 37.1 Å². The zero-order chi connectivity index (χ0) is 15.0. The number of nitrogens with one attached hydrogen (secondary N) is 1. The smallest absolute Gasteiger partial charge is 0.240 e. The summed E-state index contributed by atoms with van der Waals surface area (Å²) in [6, 6.07) is 6.52. The fourth-order valence-corrected chi connectivity index (χ4v) is 3.15. The van der Waals surface area contributed by atoms with Gasteiger partial charge in [0.15, 0.2) is 0 Å². The second-order valence-electron chi connectivity index (χ2n) is 4.65. The monoisotopic (exact) mass is 301 g/mol. The highest BCUT2D eigenvalue weighted by atomic mass is 32.2. The van der Waals surface area contributed by atoms with Crippen LogP contribution < -0.4 is 4.72 Å². The summed E-state index contributed by atoms with van der Waals surface area (Å²) in [6.07, 6.45) is 2.09. The van der Waals surface area contributed by atoms with Crippen LogP contribution in [0.15, 0.2) is 29.2 Å². The largest absolute Gasteiger partial charge is 0.396 e. The van der Waals surface area contributed by atoms with Gasteiger partial charge in [0.1, 0.15) is 0 Å². The maximum Gasteiger partial charge on any atom is 0.240 e. The molecule has 2 N–H and O–H groups in total. The van der Waals surface area contributed by atoms with E-state index in [1.165, 1.54) is 0 Å². The van der Waals surface area contributed by atoms with Gasteiger partial charge in [-0.2, -0.15) is 0 Å². The Morgan fingerprint density at radius 3 is 2.45 bits per heavy atom. The van der Waals surface area contributed by atoms with Gasteiger partial charge in [0, 0.05) is 19.8 Å². The van der Waals surface area contributed by atoms with Crippen molar-refractivity contribution in [2.24, 2.45) is 0 Å². The molecule has 114 valence electrons. The second kappa shape index (κ2) is 8.36. The van der Waals surface area contributed by atoms with Crippen LogP contribution in [0, 0.1) is 0 Å². The van der Waals surface area contributed by atoms with Gasteiger partial charge in [-0.15, -0.1) is 0 Å². The molecule has 0 saturated carbocycles. The predicted molar refractivity (Wildman–Crippen MR) is 78.1 cm³/mol. The van der Waals surface area contributed by atoms with Crippen LogP contribution in [0.25, 0.3) is 0 Å². The first-order valence-corrected chi connectivity index (χ1v) is 8.23. The number of aliphatic hydroxyl groups excluding tert-OH is 1. The summed E-state index contributed by atoms with van der Waals surface area (Å²) in [5.41, 5.74) is 1.02. The zero-order valence-electron chi connectivity index (χ0n) is 12.0. The topological polar surface area (TPSA) is 75.6 Å². The molecule has 0 radical (unpaired) electrons. The van der Waals surface area contributed by atoms with Crippen LogP contribution in [-0.4, -0.2) is 39.9 Å². The zero-order valence-corrected chi connectivity index (χ0v) is 12.8.